The van der Waals surface area contributed by atoms with E-state index in [1.165, 1.54) is 53.5 Å². The normalized spacial score (nSPS) is 23.4. The van der Waals surface area contributed by atoms with Crippen molar-refractivity contribution in [3.05, 3.63) is 138 Å². The molecule has 9 rings (SSSR count). The number of nitrogens with zero attached hydrogens (tertiary/aromatic N) is 4. The first-order valence-electron chi connectivity index (χ1n) is 17.7. The minimum absolute atomic E-state index is 0.0913. The number of aromatic nitrogens is 3. The van der Waals surface area contributed by atoms with Gasteiger partial charge in [-0.15, -0.1) is 0 Å². The van der Waals surface area contributed by atoms with Crippen LogP contribution in [-0.4, -0.2) is 15.0 Å². The van der Waals surface area contributed by atoms with E-state index in [0.29, 0.717) is 34.9 Å². The first-order chi connectivity index (χ1) is 24.0. The first kappa shape index (κ1) is 29.7. The summed E-state index contributed by atoms with van der Waals surface area (Å²) in [6, 6.07) is 44.8. The molecule has 0 radical (unpaired) electrons. The highest BCUT2D eigenvalue weighted by Gasteiger charge is 2.57. The second kappa shape index (κ2) is 11.6. The summed E-state index contributed by atoms with van der Waals surface area (Å²) in [5.74, 6) is 4.63. The maximum atomic E-state index is 9.50. The second-order valence-electron chi connectivity index (χ2n) is 14.6. The van der Waals surface area contributed by atoms with Crippen LogP contribution in [0.1, 0.15) is 56.2 Å². The van der Waals surface area contributed by atoms with Crippen LogP contribution in [0.25, 0.3) is 56.4 Å². The molecule has 1 aromatic heterocycles. The van der Waals surface area contributed by atoms with Crippen molar-refractivity contribution in [2.45, 2.75) is 44.9 Å². The highest BCUT2D eigenvalue weighted by atomic mass is 15.0. The molecule has 2 saturated carbocycles. The minimum Gasteiger partial charge on any atom is -0.208 e. The molecule has 49 heavy (non-hydrogen) atoms. The van der Waals surface area contributed by atoms with Crippen molar-refractivity contribution >= 4 is 0 Å². The molecule has 5 atom stereocenters. The molecule has 0 aliphatic heterocycles. The summed E-state index contributed by atoms with van der Waals surface area (Å²) >= 11 is 0. The van der Waals surface area contributed by atoms with Crippen LogP contribution in [0.3, 0.4) is 0 Å². The topological polar surface area (TPSA) is 62.5 Å². The fourth-order valence-electron chi connectivity index (χ4n) is 9.85. The molecule has 5 aromatic carbocycles. The fourth-order valence-corrected chi connectivity index (χ4v) is 9.85. The first-order valence-corrected chi connectivity index (χ1v) is 17.7. The largest absolute Gasteiger partial charge is 0.208 e. The zero-order chi connectivity index (χ0) is 33.1. The van der Waals surface area contributed by atoms with Crippen molar-refractivity contribution in [2.24, 2.45) is 23.7 Å². The van der Waals surface area contributed by atoms with E-state index in [4.69, 9.17) is 15.0 Å². The lowest BCUT2D eigenvalue weighted by Crippen LogP contribution is -2.49. The third-order valence-corrected chi connectivity index (χ3v) is 11.7. The van der Waals surface area contributed by atoms with Gasteiger partial charge in [0.1, 0.15) is 0 Å². The van der Waals surface area contributed by atoms with Gasteiger partial charge in [-0.1, -0.05) is 117 Å². The lowest BCUT2D eigenvalue weighted by molar-refractivity contribution is 0.0426. The number of hydrogen-bond donors (Lipinski definition) is 0. The summed E-state index contributed by atoms with van der Waals surface area (Å²) in [4.78, 5) is 15.2. The Morgan fingerprint density at radius 1 is 0.571 bits per heavy atom. The fraction of sp³-hybridized carbons (Fsp3) is 0.244. The molecule has 0 saturated heterocycles. The summed E-state index contributed by atoms with van der Waals surface area (Å²) in [6.45, 7) is 4.98. The van der Waals surface area contributed by atoms with Gasteiger partial charge in [0.05, 0.1) is 11.6 Å². The SMILES string of the molecule is CC1CC2CC(C)C3(c4cc(-c5nc(-c6ccccc6)nc(-c6ccccc6)n5)ccc4-c4c(-c5ccc(C#N)cc5)cccc43)C(C1)C2. The predicted octanol–water partition coefficient (Wildman–Crippen LogP) is 10.8. The zero-order valence-electron chi connectivity index (χ0n) is 28.0. The van der Waals surface area contributed by atoms with E-state index in [0.717, 1.165) is 34.1 Å². The number of hydrogen-bond acceptors (Lipinski definition) is 4. The Balaban J connectivity index is 1.28. The van der Waals surface area contributed by atoms with E-state index in [9.17, 15) is 5.26 Å². The van der Waals surface area contributed by atoms with E-state index in [1.807, 2.05) is 48.5 Å². The molecule has 238 valence electrons. The average molecular weight is 635 g/mol. The molecule has 3 aliphatic rings. The Labute approximate surface area is 288 Å². The number of rotatable bonds is 4. The Morgan fingerprint density at radius 3 is 1.86 bits per heavy atom. The van der Waals surface area contributed by atoms with Crippen LogP contribution >= 0.6 is 0 Å². The number of benzene rings is 5. The van der Waals surface area contributed by atoms with Gasteiger partial charge in [-0.05, 0) is 101 Å². The molecule has 4 nitrogen and oxygen atoms in total. The molecule has 3 aliphatic carbocycles. The molecule has 2 fully saturated rings. The molecular formula is C45H38N4. The van der Waals surface area contributed by atoms with Gasteiger partial charge in [0.15, 0.2) is 17.5 Å². The Kier molecular flexibility index (Phi) is 7.06. The quantitative estimate of drug-likeness (QED) is 0.194. The maximum absolute atomic E-state index is 9.50. The van der Waals surface area contributed by atoms with Crippen molar-refractivity contribution in [2.75, 3.05) is 0 Å². The summed E-state index contributed by atoms with van der Waals surface area (Å²) in [6.07, 6.45) is 5.11. The molecule has 0 amide bonds. The van der Waals surface area contributed by atoms with Crippen LogP contribution in [0.5, 0.6) is 0 Å². The van der Waals surface area contributed by atoms with Crippen LogP contribution in [0.15, 0.2) is 121 Å². The second-order valence-corrected chi connectivity index (χ2v) is 14.6. The minimum atomic E-state index is -0.0913. The van der Waals surface area contributed by atoms with Gasteiger partial charge in [-0.2, -0.15) is 5.26 Å². The Morgan fingerprint density at radius 2 is 1.20 bits per heavy atom. The van der Waals surface area contributed by atoms with Crippen LogP contribution in [0, 0.1) is 35.0 Å². The Bertz CT molecular complexity index is 2170. The maximum Gasteiger partial charge on any atom is 0.164 e. The third kappa shape index (κ3) is 4.75. The third-order valence-electron chi connectivity index (χ3n) is 11.7. The van der Waals surface area contributed by atoms with Crippen LogP contribution in [-0.2, 0) is 5.41 Å². The molecular weight excluding hydrogens is 597 g/mol. The summed E-state index contributed by atoms with van der Waals surface area (Å²) in [7, 11) is 0. The molecule has 0 N–H and O–H groups in total. The Hall–Kier alpha value is -5.40. The van der Waals surface area contributed by atoms with Gasteiger partial charge in [0, 0.05) is 22.1 Å². The number of fused-ring (bicyclic) bond motifs is 8. The lowest BCUT2D eigenvalue weighted by Gasteiger charge is -2.54. The standard InChI is InChI=1S/C45H38N4/c1-28-22-31-24-29(2)45(36(23-28)25-31)39-15-9-14-37(32-18-16-30(27-46)17-19-32)41(39)38-21-20-35(26-40(38)45)44-48-42(33-10-5-3-6-11-33)47-43(49-44)34-12-7-4-8-13-34/h3-21,26,28-29,31,36H,22-25H2,1-2H3. The van der Waals surface area contributed by atoms with E-state index in [-0.39, 0.29) is 5.41 Å². The molecule has 4 heteroatoms. The van der Waals surface area contributed by atoms with E-state index in [1.54, 1.807) is 0 Å². The van der Waals surface area contributed by atoms with Crippen LogP contribution in [0.4, 0.5) is 0 Å². The summed E-state index contributed by atoms with van der Waals surface area (Å²) in [5.41, 5.74) is 11.5. The van der Waals surface area contributed by atoms with Gasteiger partial charge in [0.2, 0.25) is 0 Å². The smallest absolute Gasteiger partial charge is 0.164 e. The van der Waals surface area contributed by atoms with Gasteiger partial charge in [-0.3, -0.25) is 0 Å². The highest BCUT2D eigenvalue weighted by Crippen LogP contribution is 2.65. The summed E-state index contributed by atoms with van der Waals surface area (Å²) < 4.78 is 0. The van der Waals surface area contributed by atoms with E-state index in [2.05, 4.69) is 92.7 Å². The van der Waals surface area contributed by atoms with Crippen LogP contribution < -0.4 is 0 Å². The van der Waals surface area contributed by atoms with E-state index >= 15 is 0 Å². The van der Waals surface area contributed by atoms with Crippen molar-refractivity contribution in [1.82, 2.24) is 15.0 Å². The molecule has 1 heterocycles. The van der Waals surface area contributed by atoms with E-state index < -0.39 is 0 Å². The molecule has 2 bridgehead atoms. The van der Waals surface area contributed by atoms with Gasteiger partial charge >= 0.3 is 0 Å². The monoisotopic (exact) mass is 634 g/mol. The number of nitriles is 1. The summed E-state index contributed by atoms with van der Waals surface area (Å²) in [5, 5.41) is 9.50. The van der Waals surface area contributed by atoms with Gasteiger partial charge in [-0.25, -0.2) is 15.0 Å². The molecule has 5 unspecified atom stereocenters. The zero-order valence-corrected chi connectivity index (χ0v) is 28.0. The van der Waals surface area contributed by atoms with Crippen molar-refractivity contribution in [3.63, 3.8) is 0 Å². The van der Waals surface area contributed by atoms with Crippen molar-refractivity contribution in [3.8, 4) is 62.5 Å². The average Bonchev–Trinajstić information content (AvgIpc) is 3.45. The van der Waals surface area contributed by atoms with Gasteiger partial charge < -0.3 is 0 Å². The highest BCUT2D eigenvalue weighted by molar-refractivity contribution is 5.94. The van der Waals surface area contributed by atoms with Crippen molar-refractivity contribution < 1.29 is 0 Å². The predicted molar refractivity (Wildman–Crippen MR) is 196 cm³/mol. The van der Waals surface area contributed by atoms with Crippen molar-refractivity contribution in [1.29, 1.82) is 5.26 Å². The molecule has 6 aromatic rings. The molecule has 1 spiro atoms. The van der Waals surface area contributed by atoms with Crippen LogP contribution in [0.2, 0.25) is 0 Å². The van der Waals surface area contributed by atoms with Gasteiger partial charge in [0.25, 0.3) is 0 Å². The lowest BCUT2D eigenvalue weighted by atomic mass is 9.49.